The van der Waals surface area contributed by atoms with E-state index in [2.05, 4.69) is 13.0 Å². The third-order valence-corrected chi connectivity index (χ3v) is 3.57. The highest BCUT2D eigenvalue weighted by molar-refractivity contribution is 5.95. The highest BCUT2D eigenvalue weighted by atomic mass is 16.2. The molecule has 2 nitrogen and oxygen atoms in total. The fraction of sp³-hybridized carbons (Fsp3) is 0.533. The smallest absolute Gasteiger partial charge is 0.254 e. The average molecular weight is 231 g/mol. The first-order valence-corrected chi connectivity index (χ1v) is 6.44. The summed E-state index contributed by atoms with van der Waals surface area (Å²) in [6.45, 7) is 8.10. The van der Waals surface area contributed by atoms with Gasteiger partial charge in [0.2, 0.25) is 0 Å². The number of rotatable bonds is 1. The maximum Gasteiger partial charge on any atom is 0.254 e. The van der Waals surface area contributed by atoms with E-state index in [0.29, 0.717) is 5.92 Å². The summed E-state index contributed by atoms with van der Waals surface area (Å²) < 4.78 is 0. The number of nitrogens with zero attached hydrogens (tertiary/aromatic N) is 1. The van der Waals surface area contributed by atoms with Gasteiger partial charge in [0.15, 0.2) is 0 Å². The van der Waals surface area contributed by atoms with Crippen molar-refractivity contribution in [2.45, 2.75) is 33.6 Å². The van der Waals surface area contributed by atoms with Crippen molar-refractivity contribution >= 4 is 5.91 Å². The summed E-state index contributed by atoms with van der Waals surface area (Å²) in [5.41, 5.74) is 3.11. The zero-order valence-corrected chi connectivity index (χ0v) is 11.0. The topological polar surface area (TPSA) is 20.3 Å². The number of amides is 1. The summed E-state index contributed by atoms with van der Waals surface area (Å²) in [7, 11) is 0. The van der Waals surface area contributed by atoms with E-state index in [1.807, 2.05) is 30.9 Å². The Morgan fingerprint density at radius 2 is 2.12 bits per heavy atom. The van der Waals surface area contributed by atoms with Crippen LogP contribution in [0.1, 0.15) is 41.3 Å². The van der Waals surface area contributed by atoms with Gasteiger partial charge in [0.1, 0.15) is 0 Å². The zero-order chi connectivity index (χ0) is 12.4. The maximum atomic E-state index is 12.4. The van der Waals surface area contributed by atoms with Crippen molar-refractivity contribution in [3.63, 3.8) is 0 Å². The van der Waals surface area contributed by atoms with Crippen molar-refractivity contribution in [3.05, 3.63) is 34.9 Å². The quantitative estimate of drug-likeness (QED) is 0.727. The van der Waals surface area contributed by atoms with E-state index >= 15 is 0 Å². The highest BCUT2D eigenvalue weighted by Gasteiger charge is 2.22. The van der Waals surface area contributed by atoms with E-state index in [1.54, 1.807) is 0 Å². The lowest BCUT2D eigenvalue weighted by Gasteiger charge is -2.31. The van der Waals surface area contributed by atoms with Gasteiger partial charge in [0.25, 0.3) is 5.91 Å². The lowest BCUT2D eigenvalue weighted by atomic mass is 9.98. The first kappa shape index (κ1) is 12.2. The molecule has 1 amide bonds. The van der Waals surface area contributed by atoms with E-state index in [0.717, 1.165) is 36.2 Å². The van der Waals surface area contributed by atoms with Crippen LogP contribution < -0.4 is 0 Å². The molecule has 0 unspecified atom stereocenters. The Labute approximate surface area is 104 Å². The molecule has 1 atom stereocenters. The van der Waals surface area contributed by atoms with Gasteiger partial charge in [-0.3, -0.25) is 4.79 Å². The van der Waals surface area contributed by atoms with Crippen LogP contribution in [-0.4, -0.2) is 23.9 Å². The molecule has 1 aliphatic heterocycles. The largest absolute Gasteiger partial charge is 0.338 e. The van der Waals surface area contributed by atoms with E-state index in [4.69, 9.17) is 0 Å². The molecule has 0 N–H and O–H groups in total. The zero-order valence-electron chi connectivity index (χ0n) is 11.0. The number of likely N-dealkylation sites (tertiary alicyclic amines) is 1. The van der Waals surface area contributed by atoms with Crippen molar-refractivity contribution in [1.82, 2.24) is 4.90 Å². The lowest BCUT2D eigenvalue weighted by Crippen LogP contribution is -2.39. The van der Waals surface area contributed by atoms with E-state index < -0.39 is 0 Å². The molecular weight excluding hydrogens is 210 g/mol. The van der Waals surface area contributed by atoms with E-state index in [1.165, 1.54) is 6.42 Å². The van der Waals surface area contributed by atoms with Crippen LogP contribution in [0.2, 0.25) is 0 Å². The first-order valence-electron chi connectivity index (χ1n) is 6.44. The van der Waals surface area contributed by atoms with Crippen LogP contribution in [0.5, 0.6) is 0 Å². The standard InChI is InChI=1S/C15H21NO/c1-11-6-7-13(3)14(9-11)15(17)16-8-4-5-12(2)10-16/h6-7,9,12H,4-5,8,10H2,1-3H3/t12-/m0/s1. The molecule has 1 heterocycles. The summed E-state index contributed by atoms with van der Waals surface area (Å²) in [4.78, 5) is 14.5. The fourth-order valence-electron chi connectivity index (χ4n) is 2.51. The SMILES string of the molecule is Cc1ccc(C)c(C(=O)N2CCC[C@H](C)C2)c1. The van der Waals surface area contributed by atoms with Gasteiger partial charge in [0.05, 0.1) is 0 Å². The molecule has 0 radical (unpaired) electrons. The van der Waals surface area contributed by atoms with Crippen LogP contribution in [-0.2, 0) is 0 Å². The monoisotopic (exact) mass is 231 g/mol. The van der Waals surface area contributed by atoms with Crippen LogP contribution in [0, 0.1) is 19.8 Å². The molecule has 92 valence electrons. The molecule has 17 heavy (non-hydrogen) atoms. The number of carbonyl (C=O) groups excluding carboxylic acids is 1. The molecule has 0 bridgehead atoms. The van der Waals surface area contributed by atoms with Gasteiger partial charge in [-0.25, -0.2) is 0 Å². The van der Waals surface area contributed by atoms with Crippen molar-refractivity contribution in [2.24, 2.45) is 5.92 Å². The summed E-state index contributed by atoms with van der Waals surface area (Å²) in [5.74, 6) is 0.843. The molecule has 2 rings (SSSR count). The minimum atomic E-state index is 0.206. The summed E-state index contributed by atoms with van der Waals surface area (Å²) >= 11 is 0. The Kier molecular flexibility index (Phi) is 3.51. The van der Waals surface area contributed by atoms with Crippen LogP contribution in [0.4, 0.5) is 0 Å². The van der Waals surface area contributed by atoms with Gasteiger partial charge < -0.3 is 4.90 Å². The minimum Gasteiger partial charge on any atom is -0.338 e. The predicted octanol–water partition coefficient (Wildman–Crippen LogP) is 3.18. The number of benzene rings is 1. The molecule has 1 aromatic carbocycles. The molecular formula is C15H21NO. The van der Waals surface area contributed by atoms with Crippen LogP contribution >= 0.6 is 0 Å². The number of hydrogen-bond acceptors (Lipinski definition) is 1. The third-order valence-electron chi connectivity index (χ3n) is 3.57. The first-order chi connectivity index (χ1) is 8.08. The molecule has 1 saturated heterocycles. The Bertz CT molecular complexity index is 425. The van der Waals surface area contributed by atoms with Crippen molar-refractivity contribution in [3.8, 4) is 0 Å². The second-order valence-corrected chi connectivity index (χ2v) is 5.32. The Balaban J connectivity index is 2.21. The summed E-state index contributed by atoms with van der Waals surface area (Å²) in [6, 6.07) is 6.11. The molecule has 1 aromatic rings. The highest BCUT2D eigenvalue weighted by Crippen LogP contribution is 2.20. The van der Waals surface area contributed by atoms with Crippen molar-refractivity contribution in [1.29, 1.82) is 0 Å². The van der Waals surface area contributed by atoms with Crippen molar-refractivity contribution in [2.75, 3.05) is 13.1 Å². The van der Waals surface area contributed by atoms with Crippen LogP contribution in [0.25, 0.3) is 0 Å². The third kappa shape index (κ3) is 2.68. The second kappa shape index (κ2) is 4.91. The molecule has 2 heteroatoms. The maximum absolute atomic E-state index is 12.4. The Morgan fingerprint density at radius 3 is 2.82 bits per heavy atom. The van der Waals surface area contributed by atoms with Gasteiger partial charge in [-0.05, 0) is 44.2 Å². The Hall–Kier alpha value is -1.31. The Morgan fingerprint density at radius 1 is 1.35 bits per heavy atom. The van der Waals surface area contributed by atoms with Crippen molar-refractivity contribution < 1.29 is 4.79 Å². The number of aryl methyl sites for hydroxylation is 2. The number of hydrogen-bond donors (Lipinski definition) is 0. The van der Waals surface area contributed by atoms with Gasteiger partial charge in [-0.1, -0.05) is 24.6 Å². The fourth-order valence-corrected chi connectivity index (χ4v) is 2.51. The average Bonchev–Trinajstić information content (AvgIpc) is 2.31. The minimum absolute atomic E-state index is 0.206. The number of carbonyl (C=O) groups is 1. The molecule has 0 aromatic heterocycles. The molecule has 0 saturated carbocycles. The summed E-state index contributed by atoms with van der Waals surface area (Å²) in [6.07, 6.45) is 2.38. The molecule has 1 aliphatic rings. The summed E-state index contributed by atoms with van der Waals surface area (Å²) in [5, 5.41) is 0. The van der Waals surface area contributed by atoms with Gasteiger partial charge in [0, 0.05) is 18.7 Å². The van der Waals surface area contributed by atoms with Gasteiger partial charge in [-0.15, -0.1) is 0 Å². The van der Waals surface area contributed by atoms with E-state index in [-0.39, 0.29) is 5.91 Å². The van der Waals surface area contributed by atoms with Gasteiger partial charge in [-0.2, -0.15) is 0 Å². The van der Waals surface area contributed by atoms with Crippen LogP contribution in [0.3, 0.4) is 0 Å². The second-order valence-electron chi connectivity index (χ2n) is 5.32. The molecule has 0 spiro atoms. The number of piperidine rings is 1. The van der Waals surface area contributed by atoms with Crippen LogP contribution in [0.15, 0.2) is 18.2 Å². The normalized spacial score (nSPS) is 20.4. The molecule has 0 aliphatic carbocycles. The lowest BCUT2D eigenvalue weighted by molar-refractivity contribution is 0.0682. The van der Waals surface area contributed by atoms with E-state index in [9.17, 15) is 4.79 Å². The predicted molar refractivity (Wildman–Crippen MR) is 70.2 cm³/mol. The van der Waals surface area contributed by atoms with Gasteiger partial charge >= 0.3 is 0 Å². The molecule has 1 fully saturated rings.